The third-order valence-corrected chi connectivity index (χ3v) is 5.24. The molecule has 1 saturated heterocycles. The van der Waals surface area contributed by atoms with E-state index >= 15 is 0 Å². The van der Waals surface area contributed by atoms with Crippen molar-refractivity contribution >= 4 is 29.0 Å². The van der Waals surface area contributed by atoms with Crippen molar-refractivity contribution < 1.29 is 9.59 Å². The molecule has 1 aliphatic heterocycles. The Morgan fingerprint density at radius 3 is 2.31 bits per heavy atom. The highest BCUT2D eigenvalue weighted by molar-refractivity contribution is 5.97. The number of nitrogens with one attached hydrogen (secondary N) is 2. The van der Waals surface area contributed by atoms with Gasteiger partial charge in [-0.15, -0.1) is 0 Å². The fourth-order valence-electron chi connectivity index (χ4n) is 3.82. The monoisotopic (exact) mass is 394 g/mol. The van der Waals surface area contributed by atoms with Crippen molar-refractivity contribution in [3.8, 4) is 0 Å². The summed E-state index contributed by atoms with van der Waals surface area (Å²) in [6, 6.07) is 11.6. The molecule has 0 aliphatic carbocycles. The molecule has 0 radical (unpaired) electrons. The summed E-state index contributed by atoms with van der Waals surface area (Å²) in [5.74, 6) is -0.219. The van der Waals surface area contributed by atoms with Crippen molar-refractivity contribution in [1.82, 2.24) is 4.90 Å². The van der Waals surface area contributed by atoms with Gasteiger partial charge in [-0.1, -0.05) is 23.8 Å². The van der Waals surface area contributed by atoms with Crippen LogP contribution in [0.1, 0.15) is 29.5 Å². The van der Waals surface area contributed by atoms with E-state index in [4.69, 9.17) is 0 Å². The third kappa shape index (κ3) is 5.28. The Kier molecular flexibility index (Phi) is 6.42. The minimum Gasteiger partial charge on any atom is -0.371 e. The molecule has 3 rings (SSSR count). The topological polar surface area (TPSA) is 64.7 Å². The van der Waals surface area contributed by atoms with Gasteiger partial charge in [-0.2, -0.15) is 0 Å². The second-order valence-electron chi connectivity index (χ2n) is 7.85. The Morgan fingerprint density at radius 2 is 1.66 bits per heavy atom. The Labute approximate surface area is 172 Å². The van der Waals surface area contributed by atoms with Crippen LogP contribution in [0.3, 0.4) is 0 Å². The van der Waals surface area contributed by atoms with Crippen LogP contribution in [0.5, 0.6) is 0 Å². The number of hydrogen-bond donors (Lipinski definition) is 2. The molecule has 3 amide bonds. The minimum atomic E-state index is -0.309. The second kappa shape index (κ2) is 8.99. The average molecular weight is 395 g/mol. The predicted molar refractivity (Wildman–Crippen MR) is 119 cm³/mol. The van der Waals surface area contributed by atoms with E-state index in [1.54, 1.807) is 7.05 Å². The van der Waals surface area contributed by atoms with Crippen LogP contribution in [-0.2, 0) is 4.79 Å². The number of carbonyl (C=O) groups excluding carboxylic acids is 2. The maximum absolute atomic E-state index is 12.5. The van der Waals surface area contributed by atoms with Crippen molar-refractivity contribution in [2.45, 2.75) is 33.6 Å². The molecule has 1 heterocycles. The number of amides is 3. The molecule has 0 saturated carbocycles. The summed E-state index contributed by atoms with van der Waals surface area (Å²) in [4.78, 5) is 28.7. The first-order valence-corrected chi connectivity index (χ1v) is 10.1. The maximum atomic E-state index is 12.5. The fraction of sp³-hybridized carbons (Fsp3) is 0.391. The molecule has 6 heteroatoms. The lowest BCUT2D eigenvalue weighted by Crippen LogP contribution is -2.37. The lowest BCUT2D eigenvalue weighted by Gasteiger charge is -2.21. The van der Waals surface area contributed by atoms with Gasteiger partial charge in [0.05, 0.1) is 0 Å². The summed E-state index contributed by atoms with van der Waals surface area (Å²) in [5, 5.41) is 5.82. The average Bonchev–Trinajstić information content (AvgIpc) is 3.19. The minimum absolute atomic E-state index is 0.0234. The normalized spacial score (nSPS) is 13.3. The quantitative estimate of drug-likeness (QED) is 0.794. The third-order valence-electron chi connectivity index (χ3n) is 5.24. The smallest absolute Gasteiger partial charge is 0.322 e. The standard InChI is InChI=1S/C23H30N4O2/c1-16-12-17(2)22(18(3)13-16)25-21(28)15-26(4)23(29)24-19-8-7-9-20(14-19)27-10-5-6-11-27/h7-9,12-14H,5-6,10-11,15H2,1-4H3,(H,24,29)(H,25,28). The van der Waals surface area contributed by atoms with E-state index in [1.165, 1.54) is 17.7 Å². The first-order chi connectivity index (χ1) is 13.8. The molecule has 0 aromatic heterocycles. The number of hydrogen-bond acceptors (Lipinski definition) is 3. The molecule has 6 nitrogen and oxygen atoms in total. The number of carbonyl (C=O) groups is 2. The first-order valence-electron chi connectivity index (χ1n) is 10.1. The summed E-state index contributed by atoms with van der Waals surface area (Å²) in [6.45, 7) is 8.05. The van der Waals surface area contributed by atoms with E-state index in [1.807, 2.05) is 51.1 Å². The number of aryl methyl sites for hydroxylation is 3. The molecule has 1 aliphatic rings. The van der Waals surface area contributed by atoms with Gasteiger partial charge in [0.2, 0.25) is 5.91 Å². The van der Waals surface area contributed by atoms with Gasteiger partial charge < -0.3 is 20.4 Å². The van der Waals surface area contributed by atoms with Crippen LogP contribution in [0, 0.1) is 20.8 Å². The Balaban J connectivity index is 1.58. The number of rotatable bonds is 5. The highest BCUT2D eigenvalue weighted by Gasteiger charge is 2.16. The lowest BCUT2D eigenvalue weighted by molar-refractivity contribution is -0.116. The molecule has 154 valence electrons. The Bertz CT molecular complexity index is 880. The first kappa shape index (κ1) is 20.7. The van der Waals surface area contributed by atoms with E-state index < -0.39 is 0 Å². The van der Waals surface area contributed by atoms with Crippen LogP contribution >= 0.6 is 0 Å². The molecule has 0 spiro atoms. The highest BCUT2D eigenvalue weighted by atomic mass is 16.2. The number of benzene rings is 2. The molecule has 2 aromatic carbocycles. The summed E-state index contributed by atoms with van der Waals surface area (Å²) in [7, 11) is 1.62. The van der Waals surface area contributed by atoms with Crippen molar-refractivity contribution in [2.24, 2.45) is 0 Å². The van der Waals surface area contributed by atoms with E-state index in [2.05, 4.69) is 21.6 Å². The van der Waals surface area contributed by atoms with Crippen molar-refractivity contribution in [3.63, 3.8) is 0 Å². The predicted octanol–water partition coefficient (Wildman–Crippen LogP) is 4.31. The lowest BCUT2D eigenvalue weighted by atomic mass is 10.1. The zero-order valence-corrected chi connectivity index (χ0v) is 17.7. The Hall–Kier alpha value is -3.02. The van der Waals surface area contributed by atoms with E-state index in [9.17, 15) is 9.59 Å². The molecule has 1 fully saturated rings. The Morgan fingerprint density at radius 1 is 1.00 bits per heavy atom. The van der Waals surface area contributed by atoms with Crippen LogP contribution < -0.4 is 15.5 Å². The van der Waals surface area contributed by atoms with Gasteiger partial charge in [0.1, 0.15) is 6.54 Å². The van der Waals surface area contributed by atoms with E-state index in [0.29, 0.717) is 0 Å². The SMILES string of the molecule is Cc1cc(C)c(NC(=O)CN(C)C(=O)Nc2cccc(N3CCCC3)c2)c(C)c1. The largest absolute Gasteiger partial charge is 0.371 e. The molecule has 2 N–H and O–H groups in total. The molecular weight excluding hydrogens is 364 g/mol. The van der Waals surface area contributed by atoms with Crippen LogP contribution in [0.25, 0.3) is 0 Å². The van der Waals surface area contributed by atoms with Gasteiger partial charge in [-0.05, 0) is 62.9 Å². The van der Waals surface area contributed by atoms with E-state index in [-0.39, 0.29) is 18.5 Å². The molecule has 2 aromatic rings. The van der Waals surface area contributed by atoms with Crippen LogP contribution in [-0.4, -0.2) is 43.5 Å². The van der Waals surface area contributed by atoms with Gasteiger partial charge in [-0.25, -0.2) is 4.79 Å². The molecular formula is C23H30N4O2. The van der Waals surface area contributed by atoms with Gasteiger partial charge in [-0.3, -0.25) is 4.79 Å². The summed E-state index contributed by atoms with van der Waals surface area (Å²) in [6.07, 6.45) is 2.41. The maximum Gasteiger partial charge on any atom is 0.322 e. The summed E-state index contributed by atoms with van der Waals surface area (Å²) < 4.78 is 0. The van der Waals surface area contributed by atoms with E-state index in [0.717, 1.165) is 46.8 Å². The number of urea groups is 1. The van der Waals surface area contributed by atoms with Crippen LogP contribution in [0.15, 0.2) is 36.4 Å². The number of nitrogens with zero attached hydrogens (tertiary/aromatic N) is 2. The second-order valence-corrected chi connectivity index (χ2v) is 7.85. The molecule has 0 atom stereocenters. The zero-order valence-electron chi connectivity index (χ0n) is 17.7. The molecule has 29 heavy (non-hydrogen) atoms. The van der Waals surface area contributed by atoms with Gasteiger partial charge in [0.15, 0.2) is 0 Å². The zero-order chi connectivity index (χ0) is 21.0. The molecule has 0 unspecified atom stereocenters. The van der Waals surface area contributed by atoms with Crippen LogP contribution in [0.4, 0.5) is 21.9 Å². The highest BCUT2D eigenvalue weighted by Crippen LogP contribution is 2.24. The van der Waals surface area contributed by atoms with Crippen molar-refractivity contribution in [2.75, 3.05) is 42.2 Å². The van der Waals surface area contributed by atoms with Gasteiger partial charge in [0.25, 0.3) is 0 Å². The van der Waals surface area contributed by atoms with Gasteiger partial charge >= 0.3 is 6.03 Å². The van der Waals surface area contributed by atoms with Gasteiger partial charge in [0, 0.05) is 37.2 Å². The summed E-state index contributed by atoms with van der Waals surface area (Å²) in [5.41, 5.74) is 5.85. The van der Waals surface area contributed by atoms with Crippen molar-refractivity contribution in [3.05, 3.63) is 53.1 Å². The number of likely N-dealkylation sites (N-methyl/N-ethyl adjacent to an activating group) is 1. The fourth-order valence-corrected chi connectivity index (χ4v) is 3.82. The van der Waals surface area contributed by atoms with Crippen LogP contribution in [0.2, 0.25) is 0 Å². The summed E-state index contributed by atoms with van der Waals surface area (Å²) >= 11 is 0. The van der Waals surface area contributed by atoms with Crippen molar-refractivity contribution in [1.29, 1.82) is 0 Å². The number of anilines is 3. The molecule has 0 bridgehead atoms.